The predicted octanol–water partition coefficient (Wildman–Crippen LogP) is -0.124. The second-order valence-electron chi connectivity index (χ2n) is 0. The number of hydrogen-bond donors (Lipinski definition) is 0. The van der Waals surface area contributed by atoms with E-state index in [-0.39, 0.29) is 58.8 Å². The molecule has 0 N–H and O–H groups in total. The Morgan fingerprint density at radius 1 is 1.25 bits per heavy atom. The minimum atomic E-state index is 0. The average Bonchev–Trinajstić information content (AvgIpc) is 1.00. The molecule has 0 atom stereocenters. The van der Waals surface area contributed by atoms with Crippen LogP contribution in [0.2, 0.25) is 0 Å². The topological polar surface area (TPSA) is 17.1 Å². The molecule has 0 bridgehead atoms. The van der Waals surface area contributed by atoms with Gasteiger partial charge in [-0.1, -0.05) is 0 Å². The van der Waals surface area contributed by atoms with Gasteiger partial charge in [0.15, 0.2) is 0 Å². The van der Waals surface area contributed by atoms with Crippen LogP contribution >= 0.6 is 0 Å². The summed E-state index contributed by atoms with van der Waals surface area (Å²) in [5, 5.41) is 0. The molecule has 0 aromatic carbocycles. The second kappa shape index (κ2) is 17.6. The van der Waals surface area contributed by atoms with E-state index in [1.165, 1.54) is 0 Å². The van der Waals surface area contributed by atoms with Gasteiger partial charge in [-0.2, -0.15) is 0 Å². The fourth-order valence-corrected chi connectivity index (χ4v) is 0. The van der Waals surface area contributed by atoms with Crippen LogP contribution < -0.4 is 0 Å². The summed E-state index contributed by atoms with van der Waals surface area (Å²) >= 11 is 0.300. The first-order valence-corrected chi connectivity index (χ1v) is 1.21. The predicted molar refractivity (Wildman–Crippen MR) is 0.686 cm³/mol. The molecule has 0 aromatic heterocycles. The Kier molecular flexibility index (Phi) is 70.3. The molecule has 4 heavy (non-hydrogen) atoms. The Bertz CT molecular complexity index is 8.00. The van der Waals surface area contributed by atoms with Gasteiger partial charge < -0.3 is 0 Å². The number of hydrogen-bond acceptors (Lipinski definition) is 1. The molecule has 0 aliphatic heterocycles. The molecular formula is CeCuOZr. The molecule has 0 fully saturated rings. The van der Waals surface area contributed by atoms with Crippen LogP contribution in [-0.2, 0) is 44.6 Å². The first kappa shape index (κ1) is 16.0. The van der Waals surface area contributed by atoms with Crippen LogP contribution in [0, 0.1) is 41.7 Å². The average molecular weight is 311 g/mol. The zero-order chi connectivity index (χ0) is 2.00. The van der Waals surface area contributed by atoms with Crippen molar-refractivity contribution < 1.29 is 86.4 Å². The van der Waals surface area contributed by atoms with Gasteiger partial charge in [0.1, 0.15) is 0 Å². The van der Waals surface area contributed by atoms with Crippen LogP contribution in [-0.4, -0.2) is 0 Å². The van der Waals surface area contributed by atoms with Gasteiger partial charge in [-0.05, 0) is 0 Å². The summed E-state index contributed by atoms with van der Waals surface area (Å²) in [6.45, 7) is 0. The van der Waals surface area contributed by atoms with E-state index in [1.807, 2.05) is 0 Å². The summed E-state index contributed by atoms with van der Waals surface area (Å²) in [6, 6.07) is 0. The zero-order valence-electron chi connectivity index (χ0n) is 1.71. The van der Waals surface area contributed by atoms with E-state index in [4.69, 9.17) is 2.81 Å². The fourth-order valence-electron chi connectivity index (χ4n) is 0. The van der Waals surface area contributed by atoms with E-state index in [9.17, 15) is 0 Å². The van der Waals surface area contributed by atoms with Crippen molar-refractivity contribution in [1.82, 2.24) is 0 Å². The van der Waals surface area contributed by atoms with Crippen molar-refractivity contribution in [2.45, 2.75) is 0 Å². The molecule has 0 amide bonds. The van der Waals surface area contributed by atoms with Crippen molar-refractivity contribution in [3.05, 3.63) is 0 Å². The molecule has 4 heteroatoms. The Hall–Kier alpha value is 2.58. The van der Waals surface area contributed by atoms with Crippen molar-refractivity contribution in [3.8, 4) is 0 Å². The van der Waals surface area contributed by atoms with Crippen molar-refractivity contribution >= 4 is 0 Å². The molecular weight excluding hydrogens is 311 g/mol. The molecule has 1 nitrogen and oxygen atoms in total. The summed E-state index contributed by atoms with van der Waals surface area (Å²) in [7, 11) is 0. The third kappa shape index (κ3) is 8.82. The van der Waals surface area contributed by atoms with Gasteiger partial charge in [0.2, 0.25) is 0 Å². The van der Waals surface area contributed by atoms with Gasteiger partial charge in [-0.3, -0.25) is 0 Å². The minimum absolute atomic E-state index is 0. The summed E-state index contributed by atoms with van der Waals surface area (Å²) < 4.78 is 8.34. The molecule has 0 spiro atoms. The number of rotatable bonds is 0. The maximum atomic E-state index is 8.34. The summed E-state index contributed by atoms with van der Waals surface area (Å²) in [4.78, 5) is 0. The van der Waals surface area contributed by atoms with Crippen LogP contribution in [0.15, 0.2) is 0 Å². The quantitative estimate of drug-likeness (QED) is 0.570. The van der Waals surface area contributed by atoms with E-state index < -0.39 is 0 Å². The van der Waals surface area contributed by atoms with Gasteiger partial charge in [-0.15, -0.1) is 0 Å². The van der Waals surface area contributed by atoms with E-state index in [0.29, 0.717) is 24.7 Å². The molecule has 1 radical (unpaired) electrons. The maximum absolute atomic E-state index is 8.34. The molecule has 25 valence electrons. The van der Waals surface area contributed by atoms with Gasteiger partial charge in [0, 0.05) is 58.8 Å². The molecule has 0 aliphatic rings. The van der Waals surface area contributed by atoms with Crippen molar-refractivity contribution in [2.24, 2.45) is 0 Å². The van der Waals surface area contributed by atoms with Crippen LogP contribution in [0.25, 0.3) is 0 Å². The third-order valence-electron chi connectivity index (χ3n) is 0. The molecule has 0 unspecified atom stereocenters. The van der Waals surface area contributed by atoms with E-state index in [1.54, 1.807) is 0 Å². The van der Waals surface area contributed by atoms with Gasteiger partial charge >= 0.3 is 27.5 Å². The second-order valence-corrected chi connectivity index (χ2v) is 0. The Balaban J connectivity index is -0.00000000500. The van der Waals surface area contributed by atoms with Crippen LogP contribution in [0.5, 0.6) is 0 Å². The van der Waals surface area contributed by atoms with Gasteiger partial charge in [0.25, 0.3) is 0 Å². The van der Waals surface area contributed by atoms with E-state index in [0.717, 1.165) is 0 Å². The molecule has 0 saturated heterocycles. The van der Waals surface area contributed by atoms with Crippen molar-refractivity contribution in [2.75, 3.05) is 0 Å². The molecule has 0 aliphatic carbocycles. The Morgan fingerprint density at radius 3 is 1.25 bits per heavy atom. The summed E-state index contributed by atoms with van der Waals surface area (Å²) in [5.41, 5.74) is 0. The normalized spacial score (nSPS) is 0.750. The van der Waals surface area contributed by atoms with E-state index >= 15 is 0 Å². The monoisotopic (exact) mass is 309 g/mol. The molecule has 0 heterocycles. The summed E-state index contributed by atoms with van der Waals surface area (Å²) in [6.07, 6.45) is 0. The Labute approximate surface area is 84.4 Å². The molecule has 0 rings (SSSR count). The van der Waals surface area contributed by atoms with E-state index in [2.05, 4.69) is 0 Å². The molecule has 0 aromatic rings. The van der Waals surface area contributed by atoms with Crippen molar-refractivity contribution in [3.63, 3.8) is 0 Å². The first-order valence-electron chi connectivity index (χ1n) is 0.204. The third-order valence-corrected chi connectivity index (χ3v) is 0. The first-order chi connectivity index (χ1) is 1.00. The molecule has 0 saturated carbocycles. The van der Waals surface area contributed by atoms with Gasteiger partial charge in [0.05, 0.1) is 0 Å². The van der Waals surface area contributed by atoms with Crippen LogP contribution in [0.3, 0.4) is 0 Å². The summed E-state index contributed by atoms with van der Waals surface area (Å²) in [5.74, 6) is 0. The van der Waals surface area contributed by atoms with Crippen LogP contribution in [0.1, 0.15) is 0 Å². The SMILES string of the molecule is [Ce].[Cu].[O]=[Zr]. The zero-order valence-corrected chi connectivity index (χ0v) is 8.25. The standard InChI is InChI=1S/Ce.Cu.O.Zr. The van der Waals surface area contributed by atoms with Gasteiger partial charge in [-0.25, -0.2) is 0 Å². The fraction of sp³-hybridized carbons (Fsp3) is 0. The van der Waals surface area contributed by atoms with Crippen molar-refractivity contribution in [1.29, 1.82) is 0 Å². The Morgan fingerprint density at radius 2 is 1.25 bits per heavy atom. The van der Waals surface area contributed by atoms with Crippen LogP contribution in [0.4, 0.5) is 0 Å².